The summed E-state index contributed by atoms with van der Waals surface area (Å²) in [6.45, 7) is 4.18. The molecule has 7 nitrogen and oxygen atoms in total. The van der Waals surface area contributed by atoms with Gasteiger partial charge in [-0.05, 0) is 79.7 Å². The van der Waals surface area contributed by atoms with E-state index in [4.69, 9.17) is 26.1 Å². The summed E-state index contributed by atoms with van der Waals surface area (Å²) in [6, 6.07) is 16.5. The van der Waals surface area contributed by atoms with Crippen LogP contribution < -0.4 is 20.1 Å². The summed E-state index contributed by atoms with van der Waals surface area (Å²) in [5, 5.41) is 5.88. The Labute approximate surface area is 189 Å². The van der Waals surface area contributed by atoms with Crippen LogP contribution in [0.3, 0.4) is 0 Å². The van der Waals surface area contributed by atoms with Crippen molar-refractivity contribution >= 4 is 40.0 Å². The van der Waals surface area contributed by atoms with Gasteiger partial charge in [-0.25, -0.2) is 4.98 Å². The molecule has 0 atom stereocenters. The molecule has 1 aliphatic rings. The van der Waals surface area contributed by atoms with E-state index in [-0.39, 0.29) is 17.8 Å². The van der Waals surface area contributed by atoms with Crippen molar-refractivity contribution in [2.24, 2.45) is 0 Å². The number of thiocarbonyl (C=S) groups is 1. The number of benzene rings is 3. The van der Waals surface area contributed by atoms with Gasteiger partial charge in [0.1, 0.15) is 5.52 Å². The highest BCUT2D eigenvalue weighted by Crippen LogP contribution is 2.32. The second-order valence-electron chi connectivity index (χ2n) is 7.51. The number of ether oxygens (including phenoxy) is 2. The molecule has 0 radical (unpaired) electrons. The van der Waals surface area contributed by atoms with Crippen LogP contribution in [0.15, 0.2) is 59.0 Å². The van der Waals surface area contributed by atoms with E-state index < -0.39 is 0 Å². The number of rotatable bonds is 3. The molecule has 1 amide bonds. The van der Waals surface area contributed by atoms with Crippen LogP contribution >= 0.6 is 12.2 Å². The number of anilines is 1. The minimum Gasteiger partial charge on any atom is -0.454 e. The molecule has 0 spiro atoms. The summed E-state index contributed by atoms with van der Waals surface area (Å²) in [6.07, 6.45) is 0. The van der Waals surface area contributed by atoms with Crippen molar-refractivity contribution in [3.8, 4) is 23.0 Å². The molecule has 5 rings (SSSR count). The average Bonchev–Trinajstić information content (AvgIpc) is 3.40. The van der Waals surface area contributed by atoms with E-state index >= 15 is 0 Å². The third-order valence-electron chi connectivity index (χ3n) is 5.05. The first kappa shape index (κ1) is 20.0. The fourth-order valence-corrected chi connectivity index (χ4v) is 3.82. The maximum atomic E-state index is 12.5. The minimum atomic E-state index is -0.346. The van der Waals surface area contributed by atoms with Gasteiger partial charge in [0.2, 0.25) is 12.7 Å². The van der Waals surface area contributed by atoms with Gasteiger partial charge in [-0.1, -0.05) is 12.1 Å². The molecule has 0 saturated carbocycles. The predicted molar refractivity (Wildman–Crippen MR) is 125 cm³/mol. The highest BCUT2D eigenvalue weighted by molar-refractivity contribution is 7.80. The van der Waals surface area contributed by atoms with E-state index in [1.807, 2.05) is 44.2 Å². The number of hydrogen-bond donors (Lipinski definition) is 2. The van der Waals surface area contributed by atoms with Crippen molar-refractivity contribution in [1.29, 1.82) is 0 Å². The summed E-state index contributed by atoms with van der Waals surface area (Å²) < 4.78 is 16.6. The molecule has 3 aromatic carbocycles. The Balaban J connectivity index is 1.31. The second kappa shape index (κ2) is 7.97. The lowest BCUT2D eigenvalue weighted by molar-refractivity contribution is 0.0977. The van der Waals surface area contributed by atoms with E-state index in [1.165, 1.54) is 0 Å². The summed E-state index contributed by atoms with van der Waals surface area (Å²) in [5.41, 5.74) is 5.69. The zero-order chi connectivity index (χ0) is 22.2. The number of nitrogens with one attached hydrogen (secondary N) is 2. The standard InChI is InChI=1S/C24H19N3O4S/c1-13-8-14(2)21-18(9-13)26-23(31-21)16-4-3-5-17(10-16)25-24(32)27-22(28)15-6-7-19-20(11-15)30-12-29-19/h3-11H,12H2,1-2H3,(H2,25,27,28,32). The molecule has 0 aliphatic carbocycles. The normalized spacial score (nSPS) is 12.1. The molecule has 1 aromatic heterocycles. The van der Waals surface area contributed by atoms with Crippen molar-refractivity contribution in [3.63, 3.8) is 0 Å². The molecule has 1 aliphatic heterocycles. The molecule has 0 fully saturated rings. The minimum absolute atomic E-state index is 0.149. The molecule has 8 heteroatoms. The maximum absolute atomic E-state index is 12.5. The summed E-state index contributed by atoms with van der Waals surface area (Å²) in [7, 11) is 0. The Kier molecular flexibility index (Phi) is 4.99. The number of aryl methyl sites for hydroxylation is 2. The highest BCUT2D eigenvalue weighted by Gasteiger charge is 2.17. The van der Waals surface area contributed by atoms with Crippen molar-refractivity contribution in [3.05, 3.63) is 71.3 Å². The van der Waals surface area contributed by atoms with Gasteiger partial charge in [0.05, 0.1) is 0 Å². The molecule has 4 aromatic rings. The Morgan fingerprint density at radius 2 is 1.88 bits per heavy atom. The van der Waals surface area contributed by atoms with Crippen LogP contribution in [0.2, 0.25) is 0 Å². The Morgan fingerprint density at radius 1 is 1.03 bits per heavy atom. The molecule has 160 valence electrons. The largest absolute Gasteiger partial charge is 0.454 e. The molecular formula is C24H19N3O4S. The third-order valence-corrected chi connectivity index (χ3v) is 5.25. The lowest BCUT2D eigenvalue weighted by atomic mass is 10.1. The number of fused-ring (bicyclic) bond motifs is 2. The summed E-state index contributed by atoms with van der Waals surface area (Å²) in [4.78, 5) is 17.2. The SMILES string of the molecule is Cc1cc(C)c2oc(-c3cccc(NC(=S)NC(=O)c4ccc5c(c4)OCO5)c3)nc2c1. The van der Waals surface area contributed by atoms with Crippen LogP contribution in [0.1, 0.15) is 21.5 Å². The first-order valence-electron chi connectivity index (χ1n) is 9.96. The average molecular weight is 446 g/mol. The Hall–Kier alpha value is -3.91. The van der Waals surface area contributed by atoms with Gasteiger partial charge in [-0.2, -0.15) is 0 Å². The zero-order valence-electron chi connectivity index (χ0n) is 17.4. The number of amides is 1. The fourth-order valence-electron chi connectivity index (χ4n) is 3.61. The predicted octanol–water partition coefficient (Wildman–Crippen LogP) is 4.97. The van der Waals surface area contributed by atoms with Crippen LogP contribution in [0.25, 0.3) is 22.6 Å². The molecule has 32 heavy (non-hydrogen) atoms. The van der Waals surface area contributed by atoms with Crippen molar-refractivity contribution in [1.82, 2.24) is 10.3 Å². The molecule has 0 bridgehead atoms. The van der Waals surface area contributed by atoms with E-state index in [2.05, 4.69) is 21.7 Å². The van der Waals surface area contributed by atoms with Crippen LogP contribution in [0.4, 0.5) is 5.69 Å². The van der Waals surface area contributed by atoms with Gasteiger partial charge < -0.3 is 19.2 Å². The Morgan fingerprint density at radius 3 is 2.75 bits per heavy atom. The Bertz CT molecular complexity index is 1380. The van der Waals surface area contributed by atoms with Gasteiger partial charge in [-0.3, -0.25) is 10.1 Å². The first-order valence-corrected chi connectivity index (χ1v) is 10.4. The highest BCUT2D eigenvalue weighted by atomic mass is 32.1. The van der Waals surface area contributed by atoms with E-state index in [1.54, 1.807) is 18.2 Å². The monoisotopic (exact) mass is 445 g/mol. The summed E-state index contributed by atoms with van der Waals surface area (Å²) in [5.74, 6) is 1.33. The lowest BCUT2D eigenvalue weighted by Gasteiger charge is -2.10. The fraction of sp³-hybridized carbons (Fsp3) is 0.125. The van der Waals surface area contributed by atoms with Crippen LogP contribution in [0.5, 0.6) is 11.5 Å². The number of carbonyl (C=O) groups excluding carboxylic acids is 1. The van der Waals surface area contributed by atoms with Crippen LogP contribution in [0, 0.1) is 13.8 Å². The smallest absolute Gasteiger partial charge is 0.257 e. The molecule has 0 unspecified atom stereocenters. The second-order valence-corrected chi connectivity index (χ2v) is 7.91. The third kappa shape index (κ3) is 3.88. The number of hydrogen-bond acceptors (Lipinski definition) is 6. The number of nitrogens with zero attached hydrogens (tertiary/aromatic N) is 1. The zero-order valence-corrected chi connectivity index (χ0v) is 18.2. The van der Waals surface area contributed by atoms with E-state index in [9.17, 15) is 4.79 Å². The van der Waals surface area contributed by atoms with Gasteiger partial charge in [-0.15, -0.1) is 0 Å². The van der Waals surface area contributed by atoms with Gasteiger partial charge in [0.15, 0.2) is 22.2 Å². The van der Waals surface area contributed by atoms with Crippen molar-refractivity contribution < 1.29 is 18.7 Å². The quantitative estimate of drug-likeness (QED) is 0.431. The molecule has 2 heterocycles. The first-order chi connectivity index (χ1) is 15.5. The van der Waals surface area contributed by atoms with E-state index in [0.29, 0.717) is 28.6 Å². The van der Waals surface area contributed by atoms with Crippen molar-refractivity contribution in [2.75, 3.05) is 12.1 Å². The van der Waals surface area contributed by atoms with Crippen molar-refractivity contribution in [2.45, 2.75) is 13.8 Å². The topological polar surface area (TPSA) is 85.6 Å². The van der Waals surface area contributed by atoms with E-state index in [0.717, 1.165) is 27.8 Å². The van der Waals surface area contributed by atoms with Crippen LogP contribution in [-0.4, -0.2) is 22.8 Å². The molecule has 2 N–H and O–H groups in total. The summed E-state index contributed by atoms with van der Waals surface area (Å²) >= 11 is 5.32. The number of aromatic nitrogens is 1. The van der Waals surface area contributed by atoms with Gasteiger partial charge in [0, 0.05) is 16.8 Å². The maximum Gasteiger partial charge on any atom is 0.257 e. The number of carbonyl (C=O) groups is 1. The molecular weight excluding hydrogens is 426 g/mol. The van der Waals surface area contributed by atoms with Crippen LogP contribution in [-0.2, 0) is 0 Å². The number of oxazole rings is 1. The lowest BCUT2D eigenvalue weighted by Crippen LogP contribution is -2.34. The van der Waals surface area contributed by atoms with Gasteiger partial charge in [0.25, 0.3) is 5.91 Å². The van der Waals surface area contributed by atoms with Gasteiger partial charge >= 0.3 is 0 Å². The molecule has 0 saturated heterocycles.